The minimum atomic E-state index is -0.407. The molecule has 164 valence electrons. The van der Waals surface area contributed by atoms with E-state index in [1.807, 2.05) is 28.2 Å². The lowest BCUT2D eigenvalue weighted by Gasteiger charge is -2.26. The van der Waals surface area contributed by atoms with Gasteiger partial charge in [-0.3, -0.25) is 14.9 Å². The van der Waals surface area contributed by atoms with Gasteiger partial charge in [0.25, 0.3) is 5.69 Å². The van der Waals surface area contributed by atoms with Crippen molar-refractivity contribution in [3.05, 3.63) is 52.1 Å². The van der Waals surface area contributed by atoms with E-state index >= 15 is 0 Å². The van der Waals surface area contributed by atoms with Crippen LogP contribution in [0.3, 0.4) is 0 Å². The molecular formula is C21H32N6O3. The van der Waals surface area contributed by atoms with E-state index in [0.29, 0.717) is 18.8 Å². The normalized spacial score (nSPS) is 11.3. The Morgan fingerprint density at radius 2 is 1.67 bits per heavy atom. The van der Waals surface area contributed by atoms with Crippen molar-refractivity contribution in [3.8, 4) is 0 Å². The second-order valence-electron chi connectivity index (χ2n) is 7.95. The van der Waals surface area contributed by atoms with Crippen LogP contribution in [0.4, 0.5) is 11.4 Å². The van der Waals surface area contributed by atoms with Gasteiger partial charge in [0.15, 0.2) is 5.82 Å². The van der Waals surface area contributed by atoms with Crippen LogP contribution in [0.15, 0.2) is 30.6 Å². The Bertz CT molecular complexity index is 848. The molecule has 0 unspecified atom stereocenters. The Kier molecular flexibility index (Phi) is 8.49. The molecule has 2 aromatic rings. The van der Waals surface area contributed by atoms with E-state index in [1.165, 1.54) is 12.3 Å². The minimum absolute atomic E-state index is 0.0511. The number of imidazole rings is 1. The Morgan fingerprint density at radius 3 is 2.13 bits per heavy atom. The van der Waals surface area contributed by atoms with Gasteiger partial charge in [0.05, 0.1) is 4.92 Å². The lowest BCUT2D eigenvalue weighted by atomic mass is 10.1. The number of aryl methyl sites for hydroxylation is 1. The summed E-state index contributed by atoms with van der Waals surface area (Å²) in [5.74, 6) is -0.0743. The minimum Gasteiger partial charge on any atom is -0.366 e. The number of hydrogen-bond acceptors (Lipinski definition) is 7. The van der Waals surface area contributed by atoms with Gasteiger partial charge in [-0.1, -0.05) is 0 Å². The quantitative estimate of drug-likeness (QED) is 0.298. The lowest BCUT2D eigenvalue weighted by Crippen LogP contribution is -2.30. The van der Waals surface area contributed by atoms with Crippen molar-refractivity contribution in [3.63, 3.8) is 0 Å². The number of nitro benzene ring substituents is 1. The third-order valence-electron chi connectivity index (χ3n) is 4.87. The Balaban J connectivity index is 2.32. The lowest BCUT2D eigenvalue weighted by molar-refractivity contribution is -0.384. The molecule has 0 aliphatic carbocycles. The van der Waals surface area contributed by atoms with Crippen LogP contribution in [-0.4, -0.2) is 84.4 Å². The standard InChI is InChI=1S/C21H32N6O3/c1-23(2)11-6-13-26(14-7-12-24(3)4)18-9-8-17(16-19(18)27(29)30)20(28)21-22-10-15-25(21)5/h8-10,15-16H,6-7,11-14H2,1-5H3. The van der Waals surface area contributed by atoms with Crippen LogP contribution in [0.1, 0.15) is 29.0 Å². The molecule has 0 amide bonds. The van der Waals surface area contributed by atoms with Gasteiger partial charge in [-0.2, -0.15) is 0 Å². The number of benzene rings is 1. The Labute approximate surface area is 178 Å². The zero-order chi connectivity index (χ0) is 22.3. The fraction of sp³-hybridized carbons (Fsp3) is 0.524. The summed E-state index contributed by atoms with van der Waals surface area (Å²) in [6.07, 6.45) is 4.99. The number of carbonyl (C=O) groups excluding carboxylic acids is 1. The number of nitrogens with zero attached hydrogens (tertiary/aromatic N) is 6. The van der Waals surface area contributed by atoms with Gasteiger partial charge in [0.2, 0.25) is 5.78 Å². The van der Waals surface area contributed by atoms with E-state index in [4.69, 9.17) is 0 Å². The molecule has 0 atom stereocenters. The van der Waals surface area contributed by atoms with Crippen molar-refractivity contribution in [2.24, 2.45) is 7.05 Å². The molecule has 0 saturated carbocycles. The molecule has 9 heteroatoms. The second-order valence-corrected chi connectivity index (χ2v) is 7.95. The van der Waals surface area contributed by atoms with E-state index in [0.717, 1.165) is 25.9 Å². The van der Waals surface area contributed by atoms with Gasteiger partial charge in [-0.25, -0.2) is 4.98 Å². The average molecular weight is 417 g/mol. The largest absolute Gasteiger partial charge is 0.366 e. The van der Waals surface area contributed by atoms with E-state index in [-0.39, 0.29) is 22.9 Å². The van der Waals surface area contributed by atoms with Crippen LogP contribution in [0, 0.1) is 10.1 Å². The molecule has 1 aromatic heterocycles. The molecule has 1 aromatic carbocycles. The number of anilines is 1. The average Bonchev–Trinajstić information content (AvgIpc) is 3.11. The first-order valence-corrected chi connectivity index (χ1v) is 10.1. The van der Waals surface area contributed by atoms with Gasteiger partial charge < -0.3 is 19.3 Å². The highest BCUT2D eigenvalue weighted by Gasteiger charge is 2.23. The number of carbonyl (C=O) groups is 1. The topological polar surface area (TPSA) is 87.8 Å². The summed E-state index contributed by atoms with van der Waals surface area (Å²) in [6.45, 7) is 3.21. The van der Waals surface area contributed by atoms with Gasteiger partial charge >= 0.3 is 0 Å². The third-order valence-corrected chi connectivity index (χ3v) is 4.87. The van der Waals surface area contributed by atoms with Gasteiger partial charge in [0, 0.05) is 44.2 Å². The van der Waals surface area contributed by atoms with Crippen LogP contribution in [0.5, 0.6) is 0 Å². The molecule has 0 radical (unpaired) electrons. The fourth-order valence-corrected chi connectivity index (χ4v) is 3.30. The molecule has 0 fully saturated rings. The summed E-state index contributed by atoms with van der Waals surface area (Å²) in [5, 5.41) is 11.8. The van der Waals surface area contributed by atoms with Crippen LogP contribution in [-0.2, 0) is 7.05 Å². The molecular weight excluding hydrogens is 384 g/mol. The predicted molar refractivity (Wildman–Crippen MR) is 118 cm³/mol. The molecule has 0 saturated heterocycles. The zero-order valence-corrected chi connectivity index (χ0v) is 18.5. The van der Waals surface area contributed by atoms with Gasteiger partial charge in [0.1, 0.15) is 5.69 Å². The molecule has 30 heavy (non-hydrogen) atoms. The highest BCUT2D eigenvalue weighted by Crippen LogP contribution is 2.30. The number of hydrogen-bond donors (Lipinski definition) is 0. The summed E-state index contributed by atoms with van der Waals surface area (Å²) in [7, 11) is 9.77. The zero-order valence-electron chi connectivity index (χ0n) is 18.5. The first-order valence-electron chi connectivity index (χ1n) is 10.1. The van der Waals surface area contributed by atoms with E-state index < -0.39 is 4.92 Å². The Morgan fingerprint density at radius 1 is 1.07 bits per heavy atom. The van der Waals surface area contributed by atoms with Crippen LogP contribution in [0.2, 0.25) is 0 Å². The summed E-state index contributed by atoms with van der Waals surface area (Å²) in [5.41, 5.74) is 0.764. The second kappa shape index (κ2) is 10.8. The van der Waals surface area contributed by atoms with Crippen LogP contribution >= 0.6 is 0 Å². The molecule has 2 rings (SSSR count). The fourth-order valence-electron chi connectivity index (χ4n) is 3.30. The third kappa shape index (κ3) is 6.36. The SMILES string of the molecule is CN(C)CCCN(CCCN(C)C)c1ccc(C(=O)c2nccn2C)cc1[N+](=O)[O-]. The van der Waals surface area contributed by atoms with Gasteiger partial charge in [-0.15, -0.1) is 0 Å². The number of rotatable bonds is 12. The van der Waals surface area contributed by atoms with E-state index in [2.05, 4.69) is 19.7 Å². The van der Waals surface area contributed by atoms with Crippen molar-refractivity contribution < 1.29 is 9.72 Å². The van der Waals surface area contributed by atoms with Crippen molar-refractivity contribution in [1.29, 1.82) is 0 Å². The number of ketones is 1. The molecule has 0 aliphatic rings. The van der Waals surface area contributed by atoms with Crippen LogP contribution < -0.4 is 4.90 Å². The smallest absolute Gasteiger partial charge is 0.293 e. The molecule has 0 spiro atoms. The summed E-state index contributed by atoms with van der Waals surface area (Å²) in [4.78, 5) is 34.5. The molecule has 0 N–H and O–H groups in total. The summed E-state index contributed by atoms with van der Waals surface area (Å²) < 4.78 is 1.61. The van der Waals surface area contributed by atoms with Crippen molar-refractivity contribution in [1.82, 2.24) is 19.4 Å². The van der Waals surface area contributed by atoms with E-state index in [1.54, 1.807) is 29.9 Å². The summed E-state index contributed by atoms with van der Waals surface area (Å²) in [6, 6.07) is 4.72. The van der Waals surface area contributed by atoms with Gasteiger partial charge in [-0.05, 0) is 66.3 Å². The highest BCUT2D eigenvalue weighted by atomic mass is 16.6. The number of aromatic nitrogens is 2. The molecule has 9 nitrogen and oxygen atoms in total. The monoisotopic (exact) mass is 416 g/mol. The molecule has 0 aliphatic heterocycles. The number of nitro groups is 1. The molecule has 0 bridgehead atoms. The van der Waals surface area contributed by atoms with Crippen LogP contribution in [0.25, 0.3) is 0 Å². The first kappa shape index (κ1) is 23.5. The van der Waals surface area contributed by atoms with E-state index in [9.17, 15) is 14.9 Å². The maximum atomic E-state index is 12.7. The highest BCUT2D eigenvalue weighted by molar-refractivity contribution is 6.07. The maximum Gasteiger partial charge on any atom is 0.293 e. The summed E-state index contributed by atoms with van der Waals surface area (Å²) >= 11 is 0. The Hall–Kier alpha value is -2.78. The van der Waals surface area contributed by atoms with Crippen molar-refractivity contribution in [2.75, 3.05) is 59.3 Å². The maximum absolute atomic E-state index is 12.7. The van der Waals surface area contributed by atoms with Crippen molar-refractivity contribution >= 4 is 17.2 Å². The molecule has 1 heterocycles. The first-order chi connectivity index (χ1) is 14.2. The predicted octanol–water partition coefficient (Wildman–Crippen LogP) is 2.27. The van der Waals surface area contributed by atoms with Crippen molar-refractivity contribution in [2.45, 2.75) is 12.8 Å².